The fraction of sp³-hybridized carbons (Fsp3) is 0.267. The zero-order valence-corrected chi connectivity index (χ0v) is 12.1. The van der Waals surface area contributed by atoms with Crippen molar-refractivity contribution in [2.24, 2.45) is 0 Å². The van der Waals surface area contributed by atoms with Crippen LogP contribution in [0.4, 0.5) is 5.69 Å². The van der Waals surface area contributed by atoms with E-state index in [-0.39, 0.29) is 17.8 Å². The first-order valence-electron chi connectivity index (χ1n) is 6.36. The smallest absolute Gasteiger partial charge is 0.338 e. The van der Waals surface area contributed by atoms with Gasteiger partial charge in [0.2, 0.25) is 0 Å². The SMILES string of the molecule is CCOC(=O)c1ccc(NC(=O)/C(C)=C(/C)C(=O)O)cc1. The predicted octanol–water partition coefficient (Wildman–Crippen LogP) is 2.22. The van der Waals surface area contributed by atoms with E-state index in [0.717, 1.165) is 0 Å². The molecule has 0 saturated heterocycles. The van der Waals surface area contributed by atoms with Crippen LogP contribution in [0.1, 0.15) is 31.1 Å². The fourth-order valence-corrected chi connectivity index (χ4v) is 1.46. The van der Waals surface area contributed by atoms with Gasteiger partial charge in [-0.05, 0) is 45.0 Å². The van der Waals surface area contributed by atoms with Gasteiger partial charge >= 0.3 is 11.9 Å². The first kappa shape index (κ1) is 16.4. The van der Waals surface area contributed by atoms with Gasteiger partial charge in [0.1, 0.15) is 0 Å². The second-order valence-corrected chi connectivity index (χ2v) is 4.31. The van der Waals surface area contributed by atoms with Gasteiger partial charge in [-0.2, -0.15) is 0 Å². The number of carbonyl (C=O) groups excluding carboxylic acids is 2. The van der Waals surface area contributed by atoms with E-state index < -0.39 is 17.8 Å². The van der Waals surface area contributed by atoms with Crippen LogP contribution in [0, 0.1) is 0 Å². The maximum Gasteiger partial charge on any atom is 0.338 e. The number of hydrogen-bond acceptors (Lipinski definition) is 4. The third-order valence-corrected chi connectivity index (χ3v) is 2.88. The Bertz CT molecular complexity index is 587. The molecule has 0 aliphatic carbocycles. The molecule has 0 aromatic heterocycles. The van der Waals surface area contributed by atoms with E-state index in [2.05, 4.69) is 5.32 Å². The van der Waals surface area contributed by atoms with Crippen molar-refractivity contribution in [3.63, 3.8) is 0 Å². The predicted molar refractivity (Wildman–Crippen MR) is 77.0 cm³/mol. The van der Waals surface area contributed by atoms with E-state index in [1.807, 2.05) is 0 Å². The minimum Gasteiger partial charge on any atom is -0.478 e. The number of rotatable bonds is 5. The molecule has 1 aromatic carbocycles. The number of aliphatic carboxylic acids is 1. The Kier molecular flexibility index (Phi) is 5.66. The lowest BCUT2D eigenvalue weighted by Crippen LogP contribution is -2.16. The van der Waals surface area contributed by atoms with Crippen LogP contribution in [-0.4, -0.2) is 29.6 Å². The Labute approximate surface area is 122 Å². The molecule has 1 rings (SSSR count). The van der Waals surface area contributed by atoms with Crippen molar-refractivity contribution in [2.45, 2.75) is 20.8 Å². The molecule has 21 heavy (non-hydrogen) atoms. The van der Waals surface area contributed by atoms with Gasteiger partial charge in [-0.15, -0.1) is 0 Å². The topological polar surface area (TPSA) is 92.7 Å². The van der Waals surface area contributed by atoms with Gasteiger partial charge in [-0.3, -0.25) is 4.79 Å². The minimum absolute atomic E-state index is 0.0179. The van der Waals surface area contributed by atoms with Crippen LogP contribution in [0.5, 0.6) is 0 Å². The highest BCUT2D eigenvalue weighted by Crippen LogP contribution is 2.13. The lowest BCUT2D eigenvalue weighted by Gasteiger charge is -2.08. The van der Waals surface area contributed by atoms with Crippen molar-refractivity contribution in [1.82, 2.24) is 0 Å². The molecule has 2 N–H and O–H groups in total. The molecule has 0 aliphatic rings. The normalized spacial score (nSPS) is 11.4. The molecule has 1 aromatic rings. The highest BCUT2D eigenvalue weighted by molar-refractivity contribution is 6.08. The summed E-state index contributed by atoms with van der Waals surface area (Å²) in [4.78, 5) is 34.1. The molecule has 0 spiro atoms. The number of nitrogens with one attached hydrogen (secondary N) is 1. The summed E-state index contributed by atoms with van der Waals surface area (Å²) in [5.41, 5.74) is 0.946. The molecule has 0 saturated carbocycles. The van der Waals surface area contributed by atoms with Crippen molar-refractivity contribution in [3.05, 3.63) is 41.0 Å². The molecule has 0 aliphatic heterocycles. The van der Waals surface area contributed by atoms with E-state index in [9.17, 15) is 14.4 Å². The standard InChI is InChI=1S/C15H17NO5/c1-4-21-15(20)11-5-7-12(8-6-11)16-13(17)9(2)10(3)14(18)19/h5-8H,4H2,1-3H3,(H,16,17)(H,18,19)/b10-9-. The number of carboxylic acid groups (broad SMARTS) is 1. The van der Waals surface area contributed by atoms with Gasteiger partial charge in [0.15, 0.2) is 0 Å². The summed E-state index contributed by atoms with van der Waals surface area (Å²) in [6.45, 7) is 4.80. The molecule has 0 fully saturated rings. The van der Waals surface area contributed by atoms with E-state index >= 15 is 0 Å². The average Bonchev–Trinajstić information content (AvgIpc) is 2.46. The van der Waals surface area contributed by atoms with Gasteiger partial charge in [0, 0.05) is 16.8 Å². The number of carbonyl (C=O) groups is 3. The second-order valence-electron chi connectivity index (χ2n) is 4.31. The number of esters is 1. The van der Waals surface area contributed by atoms with E-state index in [4.69, 9.17) is 9.84 Å². The Morgan fingerprint density at radius 3 is 2.14 bits per heavy atom. The van der Waals surface area contributed by atoms with E-state index in [1.165, 1.54) is 26.0 Å². The second kappa shape index (κ2) is 7.23. The third kappa shape index (κ3) is 4.45. The van der Waals surface area contributed by atoms with Crippen LogP contribution in [-0.2, 0) is 14.3 Å². The van der Waals surface area contributed by atoms with Crippen molar-refractivity contribution in [3.8, 4) is 0 Å². The molecule has 0 radical (unpaired) electrons. The molecule has 6 nitrogen and oxygen atoms in total. The van der Waals surface area contributed by atoms with Crippen LogP contribution in [0.25, 0.3) is 0 Å². The lowest BCUT2D eigenvalue weighted by molar-refractivity contribution is -0.133. The number of carboxylic acids is 1. The Balaban J connectivity index is 2.81. The summed E-state index contributed by atoms with van der Waals surface area (Å²) in [7, 11) is 0. The Morgan fingerprint density at radius 2 is 1.67 bits per heavy atom. The lowest BCUT2D eigenvalue weighted by atomic mass is 10.1. The molecule has 6 heteroatoms. The molecule has 0 unspecified atom stereocenters. The van der Waals surface area contributed by atoms with Gasteiger partial charge in [-0.25, -0.2) is 9.59 Å². The zero-order chi connectivity index (χ0) is 16.0. The third-order valence-electron chi connectivity index (χ3n) is 2.88. The van der Waals surface area contributed by atoms with Crippen LogP contribution in [0.3, 0.4) is 0 Å². The van der Waals surface area contributed by atoms with Gasteiger partial charge < -0.3 is 15.2 Å². The molecule has 1 amide bonds. The van der Waals surface area contributed by atoms with Crippen LogP contribution in [0.15, 0.2) is 35.4 Å². The Hall–Kier alpha value is -2.63. The number of benzene rings is 1. The van der Waals surface area contributed by atoms with Gasteiger partial charge in [0.05, 0.1) is 12.2 Å². The van der Waals surface area contributed by atoms with Gasteiger partial charge in [-0.1, -0.05) is 0 Å². The number of ether oxygens (including phenoxy) is 1. The summed E-state index contributed by atoms with van der Waals surface area (Å²) in [5, 5.41) is 11.4. The van der Waals surface area contributed by atoms with E-state index in [1.54, 1.807) is 19.1 Å². The highest BCUT2D eigenvalue weighted by atomic mass is 16.5. The molecule has 0 atom stereocenters. The number of hydrogen-bond donors (Lipinski definition) is 2. The maximum atomic E-state index is 11.9. The zero-order valence-electron chi connectivity index (χ0n) is 12.1. The number of amides is 1. The molecule has 0 heterocycles. The maximum absolute atomic E-state index is 11.9. The monoisotopic (exact) mass is 291 g/mol. The summed E-state index contributed by atoms with van der Waals surface area (Å²) in [6.07, 6.45) is 0. The molecular weight excluding hydrogens is 274 g/mol. The van der Waals surface area contributed by atoms with Gasteiger partial charge in [0.25, 0.3) is 5.91 Å². The molecular formula is C15H17NO5. The van der Waals surface area contributed by atoms with Crippen molar-refractivity contribution >= 4 is 23.5 Å². The molecule has 112 valence electrons. The first-order chi connectivity index (χ1) is 9.86. The average molecular weight is 291 g/mol. The van der Waals surface area contributed by atoms with Crippen molar-refractivity contribution < 1.29 is 24.2 Å². The summed E-state index contributed by atoms with van der Waals surface area (Å²) in [5.74, 6) is -2.08. The van der Waals surface area contributed by atoms with Crippen LogP contribution in [0.2, 0.25) is 0 Å². The quantitative estimate of drug-likeness (QED) is 0.641. The summed E-state index contributed by atoms with van der Waals surface area (Å²) >= 11 is 0. The number of anilines is 1. The largest absolute Gasteiger partial charge is 0.478 e. The molecule has 0 bridgehead atoms. The first-order valence-corrected chi connectivity index (χ1v) is 6.36. The van der Waals surface area contributed by atoms with E-state index in [0.29, 0.717) is 11.3 Å². The highest BCUT2D eigenvalue weighted by Gasteiger charge is 2.13. The Morgan fingerprint density at radius 1 is 1.10 bits per heavy atom. The van der Waals surface area contributed by atoms with Crippen LogP contribution < -0.4 is 5.32 Å². The minimum atomic E-state index is -1.14. The van der Waals surface area contributed by atoms with Crippen molar-refractivity contribution in [2.75, 3.05) is 11.9 Å². The summed E-state index contributed by atoms with van der Waals surface area (Å²) in [6, 6.07) is 6.15. The summed E-state index contributed by atoms with van der Waals surface area (Å²) < 4.78 is 4.85. The fourth-order valence-electron chi connectivity index (χ4n) is 1.46. The van der Waals surface area contributed by atoms with Crippen LogP contribution >= 0.6 is 0 Å². The van der Waals surface area contributed by atoms with Crippen molar-refractivity contribution in [1.29, 1.82) is 0 Å².